The van der Waals surface area contributed by atoms with Gasteiger partial charge >= 0.3 is 0 Å². The van der Waals surface area contributed by atoms with E-state index in [0.29, 0.717) is 5.92 Å². The van der Waals surface area contributed by atoms with Gasteiger partial charge in [0.05, 0.1) is 0 Å². The lowest BCUT2D eigenvalue weighted by Crippen LogP contribution is -2.32. The zero-order valence-corrected chi connectivity index (χ0v) is 12.9. The van der Waals surface area contributed by atoms with Crippen LogP contribution in [0.25, 0.3) is 11.2 Å². The van der Waals surface area contributed by atoms with Gasteiger partial charge in [-0.3, -0.25) is 4.79 Å². The van der Waals surface area contributed by atoms with E-state index in [1.807, 2.05) is 37.1 Å². The van der Waals surface area contributed by atoms with Gasteiger partial charge in [-0.15, -0.1) is 0 Å². The number of carbonyl (C=O) groups excluding carboxylic acids is 1. The quantitative estimate of drug-likeness (QED) is 0.870. The lowest BCUT2D eigenvalue weighted by molar-refractivity contribution is -0.133. The highest BCUT2D eigenvalue weighted by molar-refractivity contribution is 5.78. The molecule has 0 bridgehead atoms. The van der Waals surface area contributed by atoms with E-state index in [2.05, 4.69) is 16.5 Å². The second kappa shape index (κ2) is 5.47. The molecule has 5 nitrogen and oxygen atoms in total. The van der Waals surface area contributed by atoms with E-state index in [-0.39, 0.29) is 11.8 Å². The fourth-order valence-corrected chi connectivity index (χ4v) is 3.14. The molecule has 3 heterocycles. The maximum atomic E-state index is 12.1. The number of nitrogens with zero attached hydrogens (tertiary/aromatic N) is 4. The molecule has 1 fully saturated rings. The second-order valence-electron chi connectivity index (χ2n) is 5.98. The first-order valence-corrected chi connectivity index (χ1v) is 7.71. The summed E-state index contributed by atoms with van der Waals surface area (Å²) < 4.78 is 2.18. The van der Waals surface area contributed by atoms with Gasteiger partial charge in [0, 0.05) is 37.7 Å². The van der Waals surface area contributed by atoms with Crippen molar-refractivity contribution in [1.82, 2.24) is 19.4 Å². The standard InChI is InChI=1S/C16H22N4O/c1-4-20-14(18-13-6-5-8-17-15(13)20)12-7-9-19(10-12)16(21)11(2)3/h5-6,8,11-12H,4,7,9-10H2,1-3H3/t12-/m0/s1. The molecule has 2 aromatic heterocycles. The van der Waals surface area contributed by atoms with Gasteiger partial charge in [0.25, 0.3) is 0 Å². The second-order valence-corrected chi connectivity index (χ2v) is 5.98. The summed E-state index contributed by atoms with van der Waals surface area (Å²) in [5.74, 6) is 1.71. The summed E-state index contributed by atoms with van der Waals surface area (Å²) in [5.41, 5.74) is 1.90. The molecular weight excluding hydrogens is 264 g/mol. The molecule has 0 saturated carbocycles. The van der Waals surface area contributed by atoms with Gasteiger partial charge in [-0.2, -0.15) is 0 Å². The Bertz CT molecular complexity index is 661. The molecule has 3 rings (SSSR count). The van der Waals surface area contributed by atoms with Gasteiger partial charge in [-0.1, -0.05) is 13.8 Å². The van der Waals surface area contributed by atoms with Crippen molar-refractivity contribution in [3.63, 3.8) is 0 Å². The van der Waals surface area contributed by atoms with Crippen LogP contribution in [0, 0.1) is 5.92 Å². The van der Waals surface area contributed by atoms with Crippen molar-refractivity contribution in [2.24, 2.45) is 5.92 Å². The van der Waals surface area contributed by atoms with Crippen LogP contribution in [0.3, 0.4) is 0 Å². The van der Waals surface area contributed by atoms with Gasteiger partial charge < -0.3 is 9.47 Å². The summed E-state index contributed by atoms with van der Waals surface area (Å²) in [6.45, 7) is 8.51. The largest absolute Gasteiger partial charge is 0.342 e. The molecule has 0 radical (unpaired) electrons. The summed E-state index contributed by atoms with van der Waals surface area (Å²) in [4.78, 5) is 23.3. The lowest BCUT2D eigenvalue weighted by Gasteiger charge is -2.18. The minimum atomic E-state index is 0.0652. The molecule has 1 saturated heterocycles. The van der Waals surface area contributed by atoms with Crippen LogP contribution < -0.4 is 0 Å². The maximum absolute atomic E-state index is 12.1. The molecule has 0 aromatic carbocycles. The van der Waals surface area contributed by atoms with Crippen molar-refractivity contribution < 1.29 is 4.79 Å². The Labute approximate surface area is 125 Å². The Morgan fingerprint density at radius 3 is 3.00 bits per heavy atom. The molecular formula is C16H22N4O. The van der Waals surface area contributed by atoms with Crippen molar-refractivity contribution in [3.8, 4) is 0 Å². The van der Waals surface area contributed by atoms with E-state index in [0.717, 1.165) is 43.0 Å². The minimum absolute atomic E-state index is 0.0652. The minimum Gasteiger partial charge on any atom is -0.342 e. The number of fused-ring (bicyclic) bond motifs is 1. The molecule has 21 heavy (non-hydrogen) atoms. The van der Waals surface area contributed by atoms with Crippen LogP contribution in [0.5, 0.6) is 0 Å². The van der Waals surface area contributed by atoms with E-state index in [1.54, 1.807) is 0 Å². The number of aryl methyl sites for hydroxylation is 1. The van der Waals surface area contributed by atoms with Crippen LogP contribution >= 0.6 is 0 Å². The van der Waals surface area contributed by atoms with Crippen molar-refractivity contribution in [2.75, 3.05) is 13.1 Å². The number of rotatable bonds is 3. The molecule has 0 spiro atoms. The van der Waals surface area contributed by atoms with Crippen molar-refractivity contribution in [2.45, 2.75) is 39.7 Å². The zero-order valence-electron chi connectivity index (χ0n) is 12.9. The third kappa shape index (κ3) is 2.41. The molecule has 1 amide bonds. The molecule has 0 unspecified atom stereocenters. The molecule has 1 atom stereocenters. The molecule has 0 N–H and O–H groups in total. The Balaban J connectivity index is 1.90. The fourth-order valence-electron chi connectivity index (χ4n) is 3.14. The van der Waals surface area contributed by atoms with Crippen LogP contribution in [0.1, 0.15) is 38.9 Å². The third-order valence-electron chi connectivity index (χ3n) is 4.21. The van der Waals surface area contributed by atoms with Crippen molar-refractivity contribution >= 4 is 17.1 Å². The van der Waals surface area contributed by atoms with E-state index in [1.165, 1.54) is 0 Å². The molecule has 1 aliphatic rings. The van der Waals surface area contributed by atoms with Crippen molar-refractivity contribution in [1.29, 1.82) is 0 Å². The maximum Gasteiger partial charge on any atom is 0.225 e. The average Bonchev–Trinajstić information content (AvgIpc) is 3.10. The molecule has 2 aromatic rings. The average molecular weight is 286 g/mol. The summed E-state index contributed by atoms with van der Waals surface area (Å²) in [6, 6.07) is 3.92. The third-order valence-corrected chi connectivity index (χ3v) is 4.21. The summed E-state index contributed by atoms with van der Waals surface area (Å²) in [5, 5.41) is 0. The number of hydrogen-bond acceptors (Lipinski definition) is 3. The highest BCUT2D eigenvalue weighted by Gasteiger charge is 2.31. The first kappa shape index (κ1) is 14.0. The number of aromatic nitrogens is 3. The van der Waals surface area contributed by atoms with Gasteiger partial charge in [0.2, 0.25) is 5.91 Å². The predicted octanol–water partition coefficient (Wildman–Crippen LogP) is 2.42. The predicted molar refractivity (Wildman–Crippen MR) is 82.0 cm³/mol. The fraction of sp³-hybridized carbons (Fsp3) is 0.562. The molecule has 0 aliphatic carbocycles. The zero-order chi connectivity index (χ0) is 15.0. The Morgan fingerprint density at radius 1 is 1.48 bits per heavy atom. The lowest BCUT2D eigenvalue weighted by atomic mass is 10.1. The van der Waals surface area contributed by atoms with Crippen LogP contribution in [0.2, 0.25) is 0 Å². The molecule has 5 heteroatoms. The first-order valence-electron chi connectivity index (χ1n) is 7.71. The van der Waals surface area contributed by atoms with Crippen LogP contribution in [0.4, 0.5) is 0 Å². The van der Waals surface area contributed by atoms with Crippen molar-refractivity contribution in [3.05, 3.63) is 24.2 Å². The summed E-state index contributed by atoms with van der Waals surface area (Å²) in [6.07, 6.45) is 2.80. The first-order chi connectivity index (χ1) is 10.1. The number of carbonyl (C=O) groups is 1. The normalized spacial score (nSPS) is 18.9. The Kier molecular flexibility index (Phi) is 3.66. The highest BCUT2D eigenvalue weighted by Crippen LogP contribution is 2.29. The van der Waals surface area contributed by atoms with E-state index in [9.17, 15) is 4.79 Å². The number of pyridine rings is 1. The van der Waals surface area contributed by atoms with E-state index < -0.39 is 0 Å². The summed E-state index contributed by atoms with van der Waals surface area (Å²) in [7, 11) is 0. The smallest absolute Gasteiger partial charge is 0.225 e. The van der Waals surface area contributed by atoms with Gasteiger partial charge in [-0.25, -0.2) is 9.97 Å². The summed E-state index contributed by atoms with van der Waals surface area (Å²) >= 11 is 0. The number of amides is 1. The highest BCUT2D eigenvalue weighted by atomic mass is 16.2. The van der Waals surface area contributed by atoms with Crippen LogP contribution in [-0.2, 0) is 11.3 Å². The Hall–Kier alpha value is -1.91. The molecule has 112 valence electrons. The van der Waals surface area contributed by atoms with E-state index >= 15 is 0 Å². The van der Waals surface area contributed by atoms with Gasteiger partial charge in [0.1, 0.15) is 11.3 Å². The SMILES string of the molecule is CCn1c([C@H]2CCN(C(=O)C(C)C)C2)nc2cccnc21. The van der Waals surface area contributed by atoms with Crippen LogP contribution in [0.15, 0.2) is 18.3 Å². The molecule has 1 aliphatic heterocycles. The monoisotopic (exact) mass is 286 g/mol. The number of likely N-dealkylation sites (tertiary alicyclic amines) is 1. The van der Waals surface area contributed by atoms with Gasteiger partial charge in [0.15, 0.2) is 5.65 Å². The van der Waals surface area contributed by atoms with Gasteiger partial charge in [-0.05, 0) is 25.5 Å². The number of hydrogen-bond donors (Lipinski definition) is 0. The number of imidazole rings is 1. The van der Waals surface area contributed by atoms with Crippen LogP contribution in [-0.4, -0.2) is 38.4 Å². The topological polar surface area (TPSA) is 51.0 Å². The Morgan fingerprint density at radius 2 is 2.29 bits per heavy atom. The van der Waals surface area contributed by atoms with E-state index in [4.69, 9.17) is 4.98 Å².